The molecule has 0 unspecified atom stereocenters. The molecule has 1 heterocycles. The summed E-state index contributed by atoms with van der Waals surface area (Å²) in [7, 11) is -3.73. The summed E-state index contributed by atoms with van der Waals surface area (Å²) in [5.41, 5.74) is 1.14. The average molecular weight is 388 g/mol. The fourth-order valence-electron chi connectivity index (χ4n) is 2.06. The molecule has 0 aliphatic heterocycles. The van der Waals surface area contributed by atoms with E-state index in [4.69, 9.17) is 0 Å². The zero-order valence-corrected chi connectivity index (χ0v) is 15.5. The van der Waals surface area contributed by atoms with Gasteiger partial charge in [0.15, 0.2) is 0 Å². The summed E-state index contributed by atoms with van der Waals surface area (Å²) in [5, 5.41) is 18.4. The van der Waals surface area contributed by atoms with Crippen molar-refractivity contribution in [1.29, 1.82) is 0 Å². The van der Waals surface area contributed by atoms with Gasteiger partial charge in [-0.3, -0.25) is 9.71 Å². The number of aliphatic imine (C=N–C) groups is 1. The van der Waals surface area contributed by atoms with E-state index in [0.29, 0.717) is 17.7 Å². The lowest BCUT2D eigenvalue weighted by molar-refractivity contribution is 0.474. The van der Waals surface area contributed by atoms with E-state index in [9.17, 15) is 13.5 Å². The summed E-state index contributed by atoms with van der Waals surface area (Å²) in [4.78, 5) is 4.34. The van der Waals surface area contributed by atoms with Gasteiger partial charge in [-0.15, -0.1) is 10.2 Å². The number of hydrogen-bond donors (Lipinski definition) is 2. The van der Waals surface area contributed by atoms with Crippen molar-refractivity contribution in [2.45, 2.75) is 18.2 Å². The second-order valence-electron chi connectivity index (χ2n) is 5.27. The van der Waals surface area contributed by atoms with Gasteiger partial charge >= 0.3 is 0 Å². The van der Waals surface area contributed by atoms with Crippen molar-refractivity contribution in [2.24, 2.45) is 4.99 Å². The van der Waals surface area contributed by atoms with Crippen LogP contribution in [0.4, 0.5) is 10.8 Å². The Morgan fingerprint density at radius 2 is 1.88 bits per heavy atom. The van der Waals surface area contributed by atoms with Crippen LogP contribution in [-0.4, -0.2) is 29.9 Å². The van der Waals surface area contributed by atoms with Gasteiger partial charge in [-0.05, 0) is 42.8 Å². The maximum Gasteiger partial charge on any atom is 0.263 e. The van der Waals surface area contributed by atoms with Crippen molar-refractivity contribution < 1.29 is 13.5 Å². The highest BCUT2D eigenvalue weighted by molar-refractivity contribution is 7.93. The van der Waals surface area contributed by atoms with Gasteiger partial charge in [0, 0.05) is 11.8 Å². The number of nitrogens with zero attached hydrogens (tertiary/aromatic N) is 3. The van der Waals surface area contributed by atoms with E-state index in [1.807, 2.05) is 6.92 Å². The van der Waals surface area contributed by atoms with E-state index in [1.54, 1.807) is 36.4 Å². The molecule has 0 spiro atoms. The van der Waals surface area contributed by atoms with Gasteiger partial charge in [-0.2, -0.15) is 0 Å². The molecule has 2 aromatic carbocycles. The predicted octanol–water partition coefficient (Wildman–Crippen LogP) is 3.36. The van der Waals surface area contributed by atoms with E-state index >= 15 is 0 Å². The maximum atomic E-state index is 12.4. The minimum atomic E-state index is -3.73. The van der Waals surface area contributed by atoms with Crippen LogP contribution in [0.5, 0.6) is 5.75 Å². The summed E-state index contributed by atoms with van der Waals surface area (Å²) in [6, 6.07) is 12.9. The van der Waals surface area contributed by atoms with E-state index in [0.717, 1.165) is 5.01 Å². The number of aryl methyl sites for hydroxylation is 1. The van der Waals surface area contributed by atoms with Crippen LogP contribution in [-0.2, 0) is 16.4 Å². The van der Waals surface area contributed by atoms with Gasteiger partial charge in [-0.25, -0.2) is 8.42 Å². The molecule has 0 amide bonds. The minimum absolute atomic E-state index is 0.104. The van der Waals surface area contributed by atoms with E-state index in [2.05, 4.69) is 19.9 Å². The Labute approximate surface area is 155 Å². The number of phenolic OH excluding ortho intramolecular Hbond substituents is 1. The van der Waals surface area contributed by atoms with Gasteiger partial charge in [0.1, 0.15) is 10.8 Å². The van der Waals surface area contributed by atoms with Gasteiger partial charge in [0.25, 0.3) is 10.0 Å². The molecule has 1 aromatic heterocycles. The third kappa shape index (κ3) is 4.24. The number of nitrogens with one attached hydrogen (secondary N) is 1. The van der Waals surface area contributed by atoms with Crippen LogP contribution >= 0.6 is 11.3 Å². The molecule has 3 aromatic rings. The number of aromatic nitrogens is 2. The summed E-state index contributed by atoms with van der Waals surface area (Å²) < 4.78 is 27.2. The summed E-state index contributed by atoms with van der Waals surface area (Å²) in [6.07, 6.45) is 2.22. The highest BCUT2D eigenvalue weighted by Gasteiger charge is 2.16. The first-order valence-corrected chi connectivity index (χ1v) is 10.1. The lowest BCUT2D eigenvalue weighted by Crippen LogP contribution is -2.12. The smallest absolute Gasteiger partial charge is 0.263 e. The third-order valence-corrected chi connectivity index (χ3v) is 5.89. The fourth-order valence-corrected chi connectivity index (χ4v) is 3.97. The summed E-state index contributed by atoms with van der Waals surface area (Å²) in [5.74, 6) is 0.128. The third-order valence-electron chi connectivity index (χ3n) is 3.43. The molecule has 0 atom stereocenters. The van der Waals surface area contributed by atoms with E-state index in [-0.39, 0.29) is 15.8 Å². The van der Waals surface area contributed by atoms with Crippen LogP contribution < -0.4 is 4.72 Å². The normalized spacial score (nSPS) is 11.7. The topological polar surface area (TPSA) is 105 Å². The molecule has 26 heavy (non-hydrogen) atoms. The molecule has 2 N–H and O–H groups in total. The number of anilines is 1. The number of rotatable bonds is 6. The van der Waals surface area contributed by atoms with Crippen molar-refractivity contribution in [1.82, 2.24) is 10.2 Å². The number of sulfonamides is 1. The van der Waals surface area contributed by atoms with Crippen molar-refractivity contribution in [3.05, 3.63) is 59.1 Å². The molecule has 3 rings (SSSR count). The van der Waals surface area contributed by atoms with Gasteiger partial charge in [-0.1, -0.05) is 30.4 Å². The average Bonchev–Trinajstić information content (AvgIpc) is 3.08. The minimum Gasteiger partial charge on any atom is -0.507 e. The molecule has 9 heteroatoms. The van der Waals surface area contributed by atoms with Gasteiger partial charge in [0.05, 0.1) is 10.6 Å². The number of benzene rings is 2. The zero-order valence-electron chi connectivity index (χ0n) is 13.8. The first-order chi connectivity index (χ1) is 12.5. The van der Waals surface area contributed by atoms with Crippen molar-refractivity contribution in [2.75, 3.05) is 4.72 Å². The SMILES string of the molecule is CCc1nnc(NS(=O)(=O)c2ccc(N=Cc3ccccc3O)cc2)s1. The zero-order chi connectivity index (χ0) is 18.6. The Kier molecular flexibility index (Phi) is 5.29. The van der Waals surface area contributed by atoms with E-state index in [1.165, 1.54) is 29.7 Å². The highest BCUT2D eigenvalue weighted by Crippen LogP contribution is 2.22. The Morgan fingerprint density at radius 1 is 1.15 bits per heavy atom. The molecule has 134 valence electrons. The Morgan fingerprint density at radius 3 is 2.54 bits per heavy atom. The summed E-state index contributed by atoms with van der Waals surface area (Å²) >= 11 is 1.20. The van der Waals surface area contributed by atoms with Crippen LogP contribution in [0.3, 0.4) is 0 Å². The quantitative estimate of drug-likeness (QED) is 0.630. The fraction of sp³-hybridized carbons (Fsp3) is 0.118. The highest BCUT2D eigenvalue weighted by atomic mass is 32.2. The molecule has 0 aliphatic rings. The monoisotopic (exact) mass is 388 g/mol. The van der Waals surface area contributed by atoms with Gasteiger partial charge < -0.3 is 5.11 Å². The molecule has 7 nitrogen and oxygen atoms in total. The van der Waals surface area contributed by atoms with Crippen LogP contribution in [0.15, 0.2) is 58.4 Å². The molecule has 0 radical (unpaired) electrons. The number of aromatic hydroxyl groups is 1. The van der Waals surface area contributed by atoms with Crippen molar-refractivity contribution in [3.8, 4) is 5.75 Å². The first kappa shape index (κ1) is 18.0. The molecule has 0 fully saturated rings. The van der Waals surface area contributed by atoms with Crippen LogP contribution in [0, 0.1) is 0 Å². The van der Waals surface area contributed by atoms with Crippen LogP contribution in [0.25, 0.3) is 0 Å². The number of phenols is 1. The standard InChI is InChI=1S/C17H16N4O3S2/c1-2-16-19-20-17(25-16)21-26(23,24)14-9-7-13(8-10-14)18-11-12-5-3-4-6-15(12)22/h3-11,22H,2H2,1H3,(H,20,21). The first-order valence-electron chi connectivity index (χ1n) is 7.75. The maximum absolute atomic E-state index is 12.4. The Balaban J connectivity index is 1.75. The van der Waals surface area contributed by atoms with Gasteiger partial charge in [0.2, 0.25) is 5.13 Å². The molecular formula is C17H16N4O3S2. The van der Waals surface area contributed by atoms with Crippen molar-refractivity contribution in [3.63, 3.8) is 0 Å². The van der Waals surface area contributed by atoms with Crippen molar-refractivity contribution >= 4 is 38.4 Å². The Hall–Kier alpha value is -2.78. The molecule has 0 aliphatic carbocycles. The Bertz CT molecular complexity index is 1030. The lowest BCUT2D eigenvalue weighted by atomic mass is 10.2. The molecular weight excluding hydrogens is 372 g/mol. The lowest BCUT2D eigenvalue weighted by Gasteiger charge is -2.04. The molecule has 0 saturated heterocycles. The van der Waals surface area contributed by atoms with Crippen LogP contribution in [0.2, 0.25) is 0 Å². The largest absolute Gasteiger partial charge is 0.507 e. The summed E-state index contributed by atoms with van der Waals surface area (Å²) in [6.45, 7) is 1.92. The molecule has 0 bridgehead atoms. The predicted molar refractivity (Wildman–Crippen MR) is 102 cm³/mol. The molecule has 0 saturated carbocycles. The second-order valence-corrected chi connectivity index (χ2v) is 8.02. The number of para-hydroxylation sites is 1. The number of hydrogen-bond acceptors (Lipinski definition) is 7. The second kappa shape index (κ2) is 7.63. The van der Waals surface area contributed by atoms with Crippen LogP contribution in [0.1, 0.15) is 17.5 Å². The van der Waals surface area contributed by atoms with E-state index < -0.39 is 10.0 Å².